The first-order chi connectivity index (χ1) is 8.76. The van der Waals surface area contributed by atoms with Crippen molar-refractivity contribution in [3.05, 3.63) is 11.7 Å². The van der Waals surface area contributed by atoms with E-state index < -0.39 is 0 Å². The monoisotopic (exact) mass is 249 g/mol. The highest BCUT2D eigenvalue weighted by molar-refractivity contribution is 5.76. The molecular formula is C13H19N3O2. The van der Waals surface area contributed by atoms with Crippen LogP contribution in [0.4, 0.5) is 0 Å². The van der Waals surface area contributed by atoms with E-state index in [9.17, 15) is 4.79 Å². The molecule has 1 unspecified atom stereocenters. The van der Waals surface area contributed by atoms with E-state index in [0.29, 0.717) is 18.3 Å². The maximum absolute atomic E-state index is 11.6. The van der Waals surface area contributed by atoms with E-state index in [1.54, 1.807) is 0 Å². The van der Waals surface area contributed by atoms with Crippen LogP contribution in [0, 0.1) is 5.92 Å². The average molecular weight is 249 g/mol. The molecule has 2 fully saturated rings. The van der Waals surface area contributed by atoms with Gasteiger partial charge < -0.3 is 9.42 Å². The van der Waals surface area contributed by atoms with Crippen molar-refractivity contribution in [2.24, 2.45) is 5.92 Å². The zero-order chi connectivity index (χ0) is 12.5. The van der Waals surface area contributed by atoms with Gasteiger partial charge in [-0.3, -0.25) is 4.79 Å². The van der Waals surface area contributed by atoms with Gasteiger partial charge in [-0.15, -0.1) is 0 Å². The highest BCUT2D eigenvalue weighted by atomic mass is 16.5. The number of amides is 1. The van der Waals surface area contributed by atoms with Gasteiger partial charge in [-0.2, -0.15) is 4.98 Å². The standard InChI is InChI=1S/C13H19N3O2/c1-2-12(17)16-6-5-9(8-16)7-11-14-13(18-15-11)10-3-4-10/h9-10H,2-8H2,1H3. The summed E-state index contributed by atoms with van der Waals surface area (Å²) in [5.41, 5.74) is 0. The number of nitrogens with zero attached hydrogens (tertiary/aromatic N) is 3. The molecular weight excluding hydrogens is 230 g/mol. The van der Waals surface area contributed by atoms with E-state index in [1.165, 1.54) is 12.8 Å². The highest BCUT2D eigenvalue weighted by Gasteiger charge is 2.31. The van der Waals surface area contributed by atoms with Gasteiger partial charge >= 0.3 is 0 Å². The van der Waals surface area contributed by atoms with Crippen molar-refractivity contribution in [3.8, 4) is 0 Å². The second-order valence-electron chi connectivity index (χ2n) is 5.38. The summed E-state index contributed by atoms with van der Waals surface area (Å²) in [4.78, 5) is 18.0. The third-order valence-corrected chi connectivity index (χ3v) is 3.82. The molecule has 1 saturated heterocycles. The molecule has 1 aromatic heterocycles. The predicted octanol–water partition coefficient (Wildman–Crippen LogP) is 1.75. The number of carbonyl (C=O) groups excluding carboxylic acids is 1. The van der Waals surface area contributed by atoms with Gasteiger partial charge in [-0.05, 0) is 25.2 Å². The molecule has 1 aliphatic heterocycles. The Bertz CT molecular complexity index is 439. The summed E-state index contributed by atoms with van der Waals surface area (Å²) < 4.78 is 5.25. The van der Waals surface area contributed by atoms with Crippen LogP contribution in [0.5, 0.6) is 0 Å². The third kappa shape index (κ3) is 2.40. The Hall–Kier alpha value is -1.39. The minimum Gasteiger partial charge on any atom is -0.342 e. The van der Waals surface area contributed by atoms with Crippen molar-refractivity contribution < 1.29 is 9.32 Å². The largest absolute Gasteiger partial charge is 0.342 e. The molecule has 0 spiro atoms. The lowest BCUT2D eigenvalue weighted by atomic mass is 10.1. The molecule has 0 radical (unpaired) electrons. The molecule has 2 heterocycles. The summed E-state index contributed by atoms with van der Waals surface area (Å²) >= 11 is 0. The Labute approximate surface area is 107 Å². The fourth-order valence-corrected chi connectivity index (χ4v) is 2.55. The van der Waals surface area contributed by atoms with E-state index in [1.807, 2.05) is 11.8 Å². The molecule has 2 aliphatic rings. The molecule has 0 aromatic carbocycles. The SMILES string of the molecule is CCC(=O)N1CCC(Cc2noc(C3CC3)n2)C1. The fourth-order valence-electron chi connectivity index (χ4n) is 2.55. The number of carbonyl (C=O) groups is 1. The zero-order valence-corrected chi connectivity index (χ0v) is 10.8. The second kappa shape index (κ2) is 4.71. The van der Waals surface area contributed by atoms with E-state index in [4.69, 9.17) is 4.52 Å². The maximum atomic E-state index is 11.6. The van der Waals surface area contributed by atoms with Gasteiger partial charge in [0.25, 0.3) is 0 Å². The molecule has 1 aliphatic carbocycles. The number of hydrogen-bond acceptors (Lipinski definition) is 4. The van der Waals surface area contributed by atoms with Crippen molar-refractivity contribution >= 4 is 5.91 Å². The van der Waals surface area contributed by atoms with Crippen molar-refractivity contribution in [2.75, 3.05) is 13.1 Å². The van der Waals surface area contributed by atoms with Crippen LogP contribution < -0.4 is 0 Å². The Balaban J connectivity index is 1.55. The van der Waals surface area contributed by atoms with Crippen LogP contribution in [0.2, 0.25) is 0 Å². The lowest BCUT2D eigenvalue weighted by Crippen LogP contribution is -2.28. The van der Waals surface area contributed by atoms with Gasteiger partial charge in [0.2, 0.25) is 11.8 Å². The molecule has 18 heavy (non-hydrogen) atoms. The summed E-state index contributed by atoms with van der Waals surface area (Å²) in [6.07, 6.45) is 4.86. The summed E-state index contributed by atoms with van der Waals surface area (Å²) in [7, 11) is 0. The molecule has 1 aromatic rings. The van der Waals surface area contributed by atoms with Crippen LogP contribution in [0.15, 0.2) is 4.52 Å². The molecule has 0 bridgehead atoms. The first-order valence-corrected chi connectivity index (χ1v) is 6.86. The first-order valence-electron chi connectivity index (χ1n) is 6.86. The van der Waals surface area contributed by atoms with E-state index in [-0.39, 0.29) is 5.91 Å². The highest BCUT2D eigenvalue weighted by Crippen LogP contribution is 2.39. The number of aromatic nitrogens is 2. The number of likely N-dealkylation sites (tertiary alicyclic amines) is 1. The molecule has 1 amide bonds. The first kappa shape index (κ1) is 11.7. The number of rotatable bonds is 4. The average Bonchev–Trinajstić information content (AvgIpc) is 2.96. The van der Waals surface area contributed by atoms with Crippen molar-refractivity contribution in [2.45, 2.75) is 44.9 Å². The molecule has 1 atom stereocenters. The fraction of sp³-hybridized carbons (Fsp3) is 0.769. The summed E-state index contributed by atoms with van der Waals surface area (Å²) in [6, 6.07) is 0. The summed E-state index contributed by atoms with van der Waals surface area (Å²) in [6.45, 7) is 3.64. The zero-order valence-electron chi connectivity index (χ0n) is 10.8. The van der Waals surface area contributed by atoms with Crippen LogP contribution in [0.25, 0.3) is 0 Å². The van der Waals surface area contributed by atoms with Crippen LogP contribution >= 0.6 is 0 Å². The predicted molar refractivity (Wildman–Crippen MR) is 65.0 cm³/mol. The number of hydrogen-bond donors (Lipinski definition) is 0. The van der Waals surface area contributed by atoms with Gasteiger partial charge in [0, 0.05) is 31.8 Å². The van der Waals surface area contributed by atoms with Crippen molar-refractivity contribution in [1.82, 2.24) is 15.0 Å². The van der Waals surface area contributed by atoms with E-state index in [2.05, 4.69) is 10.1 Å². The Morgan fingerprint density at radius 1 is 1.44 bits per heavy atom. The maximum Gasteiger partial charge on any atom is 0.229 e. The van der Waals surface area contributed by atoms with Crippen LogP contribution in [0.3, 0.4) is 0 Å². The Morgan fingerprint density at radius 3 is 3.00 bits per heavy atom. The van der Waals surface area contributed by atoms with Crippen LogP contribution in [-0.2, 0) is 11.2 Å². The normalized spacial score (nSPS) is 23.6. The van der Waals surface area contributed by atoms with Crippen LogP contribution in [-0.4, -0.2) is 34.0 Å². The lowest BCUT2D eigenvalue weighted by molar-refractivity contribution is -0.129. The minimum absolute atomic E-state index is 0.254. The minimum atomic E-state index is 0.254. The molecule has 5 nitrogen and oxygen atoms in total. The molecule has 1 saturated carbocycles. The van der Waals surface area contributed by atoms with Gasteiger partial charge in [0.05, 0.1) is 0 Å². The third-order valence-electron chi connectivity index (χ3n) is 3.82. The molecule has 5 heteroatoms. The van der Waals surface area contributed by atoms with Crippen molar-refractivity contribution in [3.63, 3.8) is 0 Å². The van der Waals surface area contributed by atoms with Gasteiger partial charge in [0.1, 0.15) is 0 Å². The van der Waals surface area contributed by atoms with E-state index >= 15 is 0 Å². The smallest absolute Gasteiger partial charge is 0.229 e. The van der Waals surface area contributed by atoms with Crippen LogP contribution in [0.1, 0.15) is 50.2 Å². The molecule has 98 valence electrons. The second-order valence-corrected chi connectivity index (χ2v) is 5.38. The summed E-state index contributed by atoms with van der Waals surface area (Å²) in [5.74, 6) is 2.89. The van der Waals surface area contributed by atoms with Crippen molar-refractivity contribution in [1.29, 1.82) is 0 Å². The van der Waals surface area contributed by atoms with Gasteiger partial charge in [-0.1, -0.05) is 12.1 Å². The quantitative estimate of drug-likeness (QED) is 0.815. The Kier molecular flexibility index (Phi) is 3.06. The van der Waals surface area contributed by atoms with Gasteiger partial charge in [0.15, 0.2) is 5.82 Å². The van der Waals surface area contributed by atoms with E-state index in [0.717, 1.165) is 37.6 Å². The molecule has 3 rings (SSSR count). The molecule has 0 N–H and O–H groups in total. The Morgan fingerprint density at radius 2 is 2.28 bits per heavy atom. The lowest BCUT2D eigenvalue weighted by Gasteiger charge is -2.14. The summed E-state index contributed by atoms with van der Waals surface area (Å²) in [5, 5.41) is 4.04. The van der Waals surface area contributed by atoms with Gasteiger partial charge in [-0.25, -0.2) is 0 Å². The topological polar surface area (TPSA) is 59.2 Å².